The molecular weight excluding hydrogens is 348 g/mol. The van der Waals surface area contributed by atoms with Crippen molar-refractivity contribution in [2.24, 2.45) is 0 Å². The molecule has 0 amide bonds. The molecule has 2 rings (SSSR count). The van der Waals surface area contributed by atoms with E-state index in [4.69, 9.17) is 0 Å². The molecule has 0 aliphatic carbocycles. The number of rotatable bonds is 10. The Bertz CT molecular complexity index is 713. The van der Waals surface area contributed by atoms with Crippen LogP contribution in [0.3, 0.4) is 0 Å². The Morgan fingerprint density at radius 3 is 1.29 bits per heavy atom. The Hall–Kier alpha value is -2.30. The van der Waals surface area contributed by atoms with Crippen molar-refractivity contribution in [1.29, 1.82) is 0 Å². The second kappa shape index (κ2) is 10.9. The minimum absolute atomic E-state index is 0.325. The highest BCUT2D eigenvalue weighted by Gasteiger charge is 2.07. The molecule has 2 aromatic rings. The van der Waals surface area contributed by atoms with Crippen molar-refractivity contribution < 1.29 is 10.2 Å². The minimum Gasteiger partial charge on any atom is -0.508 e. The van der Waals surface area contributed by atoms with Crippen LogP contribution in [0.1, 0.15) is 49.9 Å². The van der Waals surface area contributed by atoms with E-state index in [0.717, 1.165) is 61.5 Å². The summed E-state index contributed by atoms with van der Waals surface area (Å²) in [6, 6.07) is 11.6. The van der Waals surface area contributed by atoms with Gasteiger partial charge in [-0.15, -0.1) is 0 Å². The highest BCUT2D eigenvalue weighted by atomic mass is 16.3. The number of benzene rings is 2. The fraction of sp³-hybridized carbons (Fsp3) is 0.417. The van der Waals surface area contributed by atoms with Gasteiger partial charge < -0.3 is 10.2 Å². The quantitative estimate of drug-likeness (QED) is 0.571. The van der Waals surface area contributed by atoms with Gasteiger partial charge in [-0.2, -0.15) is 0 Å². The lowest BCUT2D eigenvalue weighted by atomic mass is 10.1. The molecule has 0 heterocycles. The first-order chi connectivity index (χ1) is 13.5. The van der Waals surface area contributed by atoms with E-state index < -0.39 is 0 Å². The summed E-state index contributed by atoms with van der Waals surface area (Å²) >= 11 is 0. The maximum atomic E-state index is 10.3. The molecule has 2 aromatic carbocycles. The molecule has 4 nitrogen and oxygen atoms in total. The van der Waals surface area contributed by atoms with Gasteiger partial charge in [-0.3, -0.25) is 9.80 Å². The molecule has 0 saturated carbocycles. The van der Waals surface area contributed by atoms with E-state index in [1.54, 1.807) is 12.1 Å². The lowest BCUT2D eigenvalue weighted by Gasteiger charge is -2.19. The Morgan fingerprint density at radius 2 is 1.00 bits per heavy atom. The van der Waals surface area contributed by atoms with Gasteiger partial charge in [-0.1, -0.05) is 64.1 Å². The lowest BCUT2D eigenvalue weighted by Crippen LogP contribution is -2.22. The van der Waals surface area contributed by atoms with Gasteiger partial charge in [0.2, 0.25) is 0 Å². The zero-order valence-corrected chi connectivity index (χ0v) is 17.7. The normalized spacial score (nSPS) is 11.8. The molecule has 0 saturated heterocycles. The van der Waals surface area contributed by atoms with Gasteiger partial charge in [0, 0.05) is 24.2 Å². The van der Waals surface area contributed by atoms with Crippen molar-refractivity contribution in [2.45, 2.75) is 40.8 Å². The first-order valence-electron chi connectivity index (χ1n) is 10.3. The molecular formula is C24H34N2O2. The van der Waals surface area contributed by atoms with E-state index in [1.807, 2.05) is 36.4 Å². The number of phenolic OH excluding ortho intramolecular Hbond substituents is 2. The van der Waals surface area contributed by atoms with Gasteiger partial charge in [-0.25, -0.2) is 0 Å². The van der Waals surface area contributed by atoms with E-state index in [0.29, 0.717) is 11.5 Å². The third-order valence-corrected chi connectivity index (χ3v) is 5.26. The second-order valence-electron chi connectivity index (χ2n) is 7.03. The lowest BCUT2D eigenvalue weighted by molar-refractivity contribution is 0.291. The highest BCUT2D eigenvalue weighted by molar-refractivity contribution is 5.71. The standard InChI is InChI=1S/C24H34N2O2/c1-5-25(6-2)17-21-13-11-19(15-23(21)27)9-10-20-12-14-22(24(28)16-20)18-26(7-3)8-4/h9-16,27-28H,5-8,17-18H2,1-4H3. The fourth-order valence-corrected chi connectivity index (χ4v) is 3.21. The number of phenols is 2. The van der Waals surface area contributed by atoms with Gasteiger partial charge in [-0.05, 0) is 49.4 Å². The average molecular weight is 383 g/mol. The zero-order valence-electron chi connectivity index (χ0n) is 17.7. The molecule has 28 heavy (non-hydrogen) atoms. The predicted molar refractivity (Wildman–Crippen MR) is 118 cm³/mol. The number of nitrogens with zero attached hydrogens (tertiary/aromatic N) is 2. The Kier molecular flexibility index (Phi) is 8.55. The molecule has 0 spiro atoms. The Labute approximate surface area is 169 Å². The molecule has 2 N–H and O–H groups in total. The topological polar surface area (TPSA) is 46.9 Å². The van der Waals surface area contributed by atoms with Gasteiger partial charge in [0.1, 0.15) is 11.5 Å². The van der Waals surface area contributed by atoms with E-state index in [-0.39, 0.29) is 0 Å². The smallest absolute Gasteiger partial charge is 0.120 e. The summed E-state index contributed by atoms with van der Waals surface area (Å²) in [4.78, 5) is 4.54. The third kappa shape index (κ3) is 6.11. The molecule has 0 aromatic heterocycles. The maximum Gasteiger partial charge on any atom is 0.120 e. The number of hydrogen-bond acceptors (Lipinski definition) is 4. The van der Waals surface area contributed by atoms with Crippen LogP contribution < -0.4 is 0 Å². The summed E-state index contributed by atoms with van der Waals surface area (Å²) in [7, 11) is 0. The van der Waals surface area contributed by atoms with Gasteiger partial charge >= 0.3 is 0 Å². The van der Waals surface area contributed by atoms with Crippen LogP contribution in [-0.2, 0) is 13.1 Å². The minimum atomic E-state index is 0.325. The van der Waals surface area contributed by atoms with Crippen LogP contribution in [0, 0.1) is 0 Å². The first-order valence-corrected chi connectivity index (χ1v) is 10.3. The van der Waals surface area contributed by atoms with Crippen LogP contribution in [0.5, 0.6) is 11.5 Å². The van der Waals surface area contributed by atoms with E-state index in [9.17, 15) is 10.2 Å². The fourth-order valence-electron chi connectivity index (χ4n) is 3.21. The predicted octanol–water partition coefficient (Wildman–Crippen LogP) is 4.95. The summed E-state index contributed by atoms with van der Waals surface area (Å²) in [6.07, 6.45) is 3.92. The molecule has 0 aliphatic rings. The van der Waals surface area contributed by atoms with Crippen LogP contribution in [0.2, 0.25) is 0 Å². The third-order valence-electron chi connectivity index (χ3n) is 5.26. The highest BCUT2D eigenvalue weighted by Crippen LogP contribution is 2.24. The number of hydrogen-bond donors (Lipinski definition) is 2. The van der Waals surface area contributed by atoms with Gasteiger partial charge in [0.25, 0.3) is 0 Å². The molecule has 152 valence electrons. The number of aromatic hydroxyl groups is 2. The summed E-state index contributed by atoms with van der Waals surface area (Å²) in [5.41, 5.74) is 3.76. The first kappa shape index (κ1) is 22.0. The maximum absolute atomic E-state index is 10.3. The van der Waals surface area contributed by atoms with Crippen LogP contribution in [-0.4, -0.2) is 46.2 Å². The molecule has 0 aliphatic heterocycles. The van der Waals surface area contributed by atoms with Gasteiger partial charge in [0.15, 0.2) is 0 Å². The van der Waals surface area contributed by atoms with Crippen molar-refractivity contribution in [1.82, 2.24) is 9.80 Å². The van der Waals surface area contributed by atoms with E-state index >= 15 is 0 Å². The van der Waals surface area contributed by atoms with Crippen molar-refractivity contribution in [3.63, 3.8) is 0 Å². The van der Waals surface area contributed by atoms with Gasteiger partial charge in [0.05, 0.1) is 0 Å². The molecule has 0 atom stereocenters. The average Bonchev–Trinajstić information content (AvgIpc) is 2.71. The van der Waals surface area contributed by atoms with Crippen molar-refractivity contribution in [3.8, 4) is 11.5 Å². The largest absolute Gasteiger partial charge is 0.508 e. The van der Waals surface area contributed by atoms with Crippen molar-refractivity contribution >= 4 is 12.2 Å². The summed E-state index contributed by atoms with van der Waals surface area (Å²) < 4.78 is 0. The van der Waals surface area contributed by atoms with Crippen molar-refractivity contribution in [3.05, 3.63) is 58.7 Å². The zero-order chi connectivity index (χ0) is 20.5. The van der Waals surface area contributed by atoms with Crippen molar-refractivity contribution in [2.75, 3.05) is 26.2 Å². The summed E-state index contributed by atoms with van der Waals surface area (Å²) in [6.45, 7) is 13.9. The molecule has 0 radical (unpaired) electrons. The molecule has 0 fully saturated rings. The molecule has 0 bridgehead atoms. The summed E-state index contributed by atoms with van der Waals surface area (Å²) in [5.74, 6) is 0.651. The van der Waals surface area contributed by atoms with Crippen LogP contribution >= 0.6 is 0 Å². The van der Waals surface area contributed by atoms with E-state index in [1.165, 1.54) is 0 Å². The van der Waals surface area contributed by atoms with Crippen LogP contribution in [0.25, 0.3) is 12.2 Å². The Balaban J connectivity index is 2.09. The Morgan fingerprint density at radius 1 is 0.643 bits per heavy atom. The molecule has 0 unspecified atom stereocenters. The monoisotopic (exact) mass is 382 g/mol. The summed E-state index contributed by atoms with van der Waals surface area (Å²) in [5, 5.41) is 20.7. The molecule has 4 heteroatoms. The van der Waals surface area contributed by atoms with Crippen LogP contribution in [0.15, 0.2) is 36.4 Å². The van der Waals surface area contributed by atoms with Crippen LogP contribution in [0.4, 0.5) is 0 Å². The van der Waals surface area contributed by atoms with E-state index in [2.05, 4.69) is 37.5 Å². The second-order valence-corrected chi connectivity index (χ2v) is 7.03. The SMILES string of the molecule is CCN(CC)Cc1ccc(C=Cc2ccc(CN(CC)CC)c(O)c2)cc1O.